The molecule has 0 saturated heterocycles. The van der Waals surface area contributed by atoms with Gasteiger partial charge in [-0.3, -0.25) is 36.3 Å². The van der Waals surface area contributed by atoms with Gasteiger partial charge in [0.25, 0.3) is 5.91 Å². The van der Waals surface area contributed by atoms with Gasteiger partial charge in [-0.05, 0) is 17.7 Å². The molecule has 0 bridgehead atoms. The Morgan fingerprint density at radius 2 is 1.54 bits per heavy atom. The summed E-state index contributed by atoms with van der Waals surface area (Å²) in [4.78, 5) is 35.9. The van der Waals surface area contributed by atoms with E-state index in [0.29, 0.717) is 0 Å². The normalized spacial score (nSPS) is 10.0. The number of hydrogen-bond donors (Lipinski definition) is 5. The van der Waals surface area contributed by atoms with E-state index < -0.39 is 5.91 Å². The number of aromatic nitrogens is 3. The maximum atomic E-state index is 12.0. The second-order valence-corrected chi connectivity index (χ2v) is 5.61. The maximum absolute atomic E-state index is 12.0. The Kier molecular flexibility index (Phi) is 5.93. The molecule has 2 aromatic heterocycles. The highest BCUT2D eigenvalue weighted by atomic mass is 16.2. The van der Waals surface area contributed by atoms with Crippen molar-refractivity contribution in [2.75, 3.05) is 16.6 Å². The van der Waals surface area contributed by atoms with Crippen LogP contribution in [-0.4, -0.2) is 26.8 Å². The average molecular weight is 378 g/mol. The van der Waals surface area contributed by atoms with Crippen LogP contribution in [0.5, 0.6) is 0 Å². The molecule has 0 atom stereocenters. The van der Waals surface area contributed by atoms with E-state index in [4.69, 9.17) is 5.73 Å². The summed E-state index contributed by atoms with van der Waals surface area (Å²) in [6.07, 6.45) is 2.94. The zero-order valence-electron chi connectivity index (χ0n) is 14.7. The van der Waals surface area contributed by atoms with Crippen LogP contribution >= 0.6 is 0 Å². The quantitative estimate of drug-likeness (QED) is 0.381. The summed E-state index contributed by atoms with van der Waals surface area (Å²) in [7, 11) is 0. The molecule has 0 aliphatic carbocycles. The smallest absolute Gasteiger partial charge is 0.288 e. The molecule has 0 saturated carbocycles. The number of amides is 2. The molecule has 0 aliphatic rings. The van der Waals surface area contributed by atoms with Crippen molar-refractivity contribution in [2.24, 2.45) is 0 Å². The van der Waals surface area contributed by atoms with Gasteiger partial charge < -0.3 is 5.73 Å². The van der Waals surface area contributed by atoms with Crippen LogP contribution in [0.3, 0.4) is 0 Å². The van der Waals surface area contributed by atoms with E-state index in [1.807, 2.05) is 30.3 Å². The van der Waals surface area contributed by atoms with E-state index >= 15 is 0 Å². The van der Waals surface area contributed by atoms with E-state index in [1.54, 1.807) is 18.2 Å². The first-order valence-electron chi connectivity index (χ1n) is 8.30. The van der Waals surface area contributed by atoms with E-state index in [0.717, 1.165) is 5.56 Å². The predicted molar refractivity (Wildman–Crippen MR) is 104 cm³/mol. The zero-order valence-corrected chi connectivity index (χ0v) is 14.7. The lowest BCUT2D eigenvalue weighted by atomic mass is 10.1. The van der Waals surface area contributed by atoms with Crippen LogP contribution in [-0.2, 0) is 11.2 Å². The second-order valence-electron chi connectivity index (χ2n) is 5.61. The van der Waals surface area contributed by atoms with Gasteiger partial charge in [0, 0.05) is 6.20 Å². The Bertz CT molecular complexity index is 950. The van der Waals surface area contributed by atoms with Crippen LogP contribution < -0.4 is 27.4 Å². The average Bonchev–Trinajstić information content (AvgIpc) is 2.73. The van der Waals surface area contributed by atoms with Crippen LogP contribution in [0.4, 0.5) is 17.3 Å². The molecule has 0 aliphatic heterocycles. The highest BCUT2D eigenvalue weighted by Crippen LogP contribution is 2.20. The topological polar surface area (TPSA) is 147 Å². The lowest BCUT2D eigenvalue weighted by Crippen LogP contribution is -2.33. The van der Waals surface area contributed by atoms with E-state index in [-0.39, 0.29) is 35.3 Å². The van der Waals surface area contributed by atoms with Gasteiger partial charge >= 0.3 is 0 Å². The van der Waals surface area contributed by atoms with Crippen molar-refractivity contribution in [3.8, 4) is 0 Å². The summed E-state index contributed by atoms with van der Waals surface area (Å²) in [6, 6.07) is 14.3. The fourth-order valence-electron chi connectivity index (χ4n) is 2.23. The van der Waals surface area contributed by atoms with Crippen molar-refractivity contribution < 1.29 is 9.59 Å². The first-order chi connectivity index (χ1) is 13.6. The van der Waals surface area contributed by atoms with Crippen LogP contribution in [0.25, 0.3) is 0 Å². The van der Waals surface area contributed by atoms with Crippen LogP contribution in [0.1, 0.15) is 16.1 Å². The summed E-state index contributed by atoms with van der Waals surface area (Å²) >= 11 is 0. The lowest BCUT2D eigenvalue weighted by molar-refractivity contribution is -0.119. The number of pyridine rings is 1. The number of benzene rings is 1. The minimum absolute atomic E-state index is 0.115. The maximum Gasteiger partial charge on any atom is 0.288 e. The monoisotopic (exact) mass is 378 g/mol. The van der Waals surface area contributed by atoms with Gasteiger partial charge in [-0.2, -0.15) is 0 Å². The van der Waals surface area contributed by atoms with Crippen LogP contribution in [0, 0.1) is 0 Å². The molecule has 3 aromatic rings. The number of hydrazine groups is 2. The van der Waals surface area contributed by atoms with Crippen molar-refractivity contribution in [3.05, 3.63) is 72.3 Å². The Morgan fingerprint density at radius 1 is 0.857 bits per heavy atom. The van der Waals surface area contributed by atoms with Crippen molar-refractivity contribution >= 4 is 29.1 Å². The highest BCUT2D eigenvalue weighted by molar-refractivity contribution is 5.93. The number of carbonyl (C=O) groups is 2. The summed E-state index contributed by atoms with van der Waals surface area (Å²) in [5.41, 5.74) is 17.4. The molecule has 2 amide bonds. The minimum Gasteiger partial charge on any atom is -0.393 e. The van der Waals surface area contributed by atoms with Gasteiger partial charge in [0.1, 0.15) is 17.7 Å². The number of nitrogens with zero attached hydrogens (tertiary/aromatic N) is 3. The van der Waals surface area contributed by atoms with Gasteiger partial charge in [-0.15, -0.1) is 0 Å². The summed E-state index contributed by atoms with van der Waals surface area (Å²) in [5.74, 6) is -0.364. The summed E-state index contributed by atoms with van der Waals surface area (Å²) in [6.45, 7) is 0. The number of nitrogen functional groups attached to an aromatic ring is 1. The molecule has 6 N–H and O–H groups in total. The van der Waals surface area contributed by atoms with Gasteiger partial charge in [0.15, 0.2) is 11.6 Å². The number of rotatable bonds is 7. The molecular weight excluding hydrogens is 360 g/mol. The number of hydrogen-bond acceptors (Lipinski definition) is 8. The highest BCUT2D eigenvalue weighted by Gasteiger charge is 2.11. The van der Waals surface area contributed by atoms with E-state index in [1.165, 1.54) is 12.5 Å². The molecule has 10 nitrogen and oxygen atoms in total. The van der Waals surface area contributed by atoms with Gasteiger partial charge in [0.05, 0.1) is 6.42 Å². The molecule has 10 heteroatoms. The molecule has 142 valence electrons. The van der Waals surface area contributed by atoms with Crippen molar-refractivity contribution in [1.29, 1.82) is 0 Å². The van der Waals surface area contributed by atoms with Crippen molar-refractivity contribution in [2.45, 2.75) is 6.42 Å². The molecular formula is C18H18N8O2. The largest absolute Gasteiger partial charge is 0.393 e. The number of carbonyl (C=O) groups excluding carboxylic acids is 2. The molecule has 28 heavy (non-hydrogen) atoms. The first-order valence-corrected chi connectivity index (χ1v) is 8.30. The number of nitrogens with one attached hydrogen (secondary N) is 4. The number of nitrogens with two attached hydrogens (primary N) is 1. The molecule has 0 fully saturated rings. The molecule has 0 radical (unpaired) electrons. The van der Waals surface area contributed by atoms with Gasteiger partial charge in [-0.25, -0.2) is 9.97 Å². The Hall–Kier alpha value is -4.21. The summed E-state index contributed by atoms with van der Waals surface area (Å²) < 4.78 is 0. The molecule has 1 aromatic carbocycles. The molecule has 0 unspecified atom stereocenters. The minimum atomic E-state index is -0.454. The van der Waals surface area contributed by atoms with E-state index in [2.05, 4.69) is 36.7 Å². The third-order valence-electron chi connectivity index (χ3n) is 3.60. The fraction of sp³-hybridized carbons (Fsp3) is 0.0556. The molecule has 0 spiro atoms. The lowest BCUT2D eigenvalue weighted by Gasteiger charge is -2.13. The number of anilines is 3. The van der Waals surface area contributed by atoms with Crippen molar-refractivity contribution in [1.82, 2.24) is 25.8 Å². The van der Waals surface area contributed by atoms with Crippen molar-refractivity contribution in [3.63, 3.8) is 0 Å². The Balaban J connectivity index is 1.56. The Morgan fingerprint density at radius 3 is 2.21 bits per heavy atom. The molecule has 2 heterocycles. The zero-order chi connectivity index (χ0) is 19.8. The first kappa shape index (κ1) is 18.6. The Labute approximate surface area is 160 Å². The SMILES string of the molecule is Nc1c(NNC(=O)Cc2ccccc2)ncnc1NNC(=O)c1ccccn1. The molecule has 3 rings (SSSR count). The van der Waals surface area contributed by atoms with E-state index in [9.17, 15) is 9.59 Å². The fourth-order valence-corrected chi connectivity index (χ4v) is 2.23. The van der Waals surface area contributed by atoms with Crippen LogP contribution in [0.15, 0.2) is 61.1 Å². The summed E-state index contributed by atoms with van der Waals surface area (Å²) in [5, 5.41) is 0. The van der Waals surface area contributed by atoms with Crippen LogP contribution in [0.2, 0.25) is 0 Å². The third-order valence-corrected chi connectivity index (χ3v) is 3.60. The third kappa shape index (κ3) is 4.91. The predicted octanol–water partition coefficient (Wildman–Crippen LogP) is 0.896. The van der Waals surface area contributed by atoms with Gasteiger partial charge in [-0.1, -0.05) is 36.4 Å². The standard InChI is InChI=1S/C18H18N8O2/c19-15-16(24-23-14(27)10-12-6-2-1-3-7-12)21-11-22-17(15)25-26-18(28)13-8-4-5-9-20-13/h1-9,11H,10,19H2,(H,23,27)(H,26,28)(H2,21,22,24,25). The van der Waals surface area contributed by atoms with Gasteiger partial charge in [0.2, 0.25) is 5.91 Å². The second kappa shape index (κ2) is 8.94.